The van der Waals surface area contributed by atoms with Gasteiger partial charge in [-0.25, -0.2) is 0 Å². The summed E-state index contributed by atoms with van der Waals surface area (Å²) in [7, 11) is 0. The van der Waals surface area contributed by atoms with E-state index in [2.05, 4.69) is 15.6 Å². The van der Waals surface area contributed by atoms with Gasteiger partial charge in [-0.3, -0.25) is 9.48 Å². The summed E-state index contributed by atoms with van der Waals surface area (Å²) in [5.41, 5.74) is 2.08. The summed E-state index contributed by atoms with van der Waals surface area (Å²) in [6, 6.07) is 10.1. The van der Waals surface area contributed by atoms with Gasteiger partial charge in [0.1, 0.15) is 0 Å². The molecule has 1 amide bonds. The molecule has 148 valence electrons. The van der Waals surface area contributed by atoms with Crippen molar-refractivity contribution in [3.05, 3.63) is 75.9 Å². The van der Waals surface area contributed by atoms with Gasteiger partial charge >= 0.3 is 0 Å². The molecule has 0 spiro atoms. The molecule has 0 radical (unpaired) electrons. The van der Waals surface area contributed by atoms with Crippen LogP contribution in [0.3, 0.4) is 0 Å². The summed E-state index contributed by atoms with van der Waals surface area (Å²) in [6.45, 7) is 3.72. The van der Waals surface area contributed by atoms with Crippen LogP contribution in [0.4, 0.5) is 5.69 Å². The number of carbonyl (C=O) groups excluding carboxylic acids is 1. The van der Waals surface area contributed by atoms with Crippen molar-refractivity contribution in [1.82, 2.24) is 14.9 Å². The SMILES string of the molecule is Cc1nn(C(C)c2c(Cl)cccc2Cl)cc1NC(=O)c1cc(-c2ccco2)on1. The Kier molecular flexibility index (Phi) is 5.17. The van der Waals surface area contributed by atoms with Crippen molar-refractivity contribution in [2.24, 2.45) is 0 Å². The van der Waals surface area contributed by atoms with E-state index < -0.39 is 5.91 Å². The van der Waals surface area contributed by atoms with Gasteiger partial charge in [0.15, 0.2) is 11.5 Å². The molecule has 7 nitrogen and oxygen atoms in total. The van der Waals surface area contributed by atoms with Crippen molar-refractivity contribution in [3.63, 3.8) is 0 Å². The van der Waals surface area contributed by atoms with E-state index in [4.69, 9.17) is 32.1 Å². The highest BCUT2D eigenvalue weighted by molar-refractivity contribution is 6.36. The normalized spacial score (nSPS) is 12.1. The molecule has 0 saturated heterocycles. The number of amides is 1. The number of aromatic nitrogens is 3. The smallest absolute Gasteiger partial charge is 0.277 e. The van der Waals surface area contributed by atoms with Crippen LogP contribution in [0.1, 0.15) is 34.7 Å². The molecule has 9 heteroatoms. The van der Waals surface area contributed by atoms with Gasteiger partial charge in [0.2, 0.25) is 5.76 Å². The van der Waals surface area contributed by atoms with Crippen LogP contribution in [0.15, 0.2) is 57.8 Å². The van der Waals surface area contributed by atoms with Crippen LogP contribution in [0.5, 0.6) is 0 Å². The predicted octanol–water partition coefficient (Wildman–Crippen LogP) is 5.61. The number of aryl methyl sites for hydroxylation is 1. The standard InChI is InChI=1S/C20H16Cl2N4O3/c1-11-16(10-26(24-11)12(2)19-13(21)5-3-6-14(19)22)23-20(27)15-9-18(29-25-15)17-7-4-8-28-17/h3-10,12H,1-2H3,(H,23,27). The van der Waals surface area contributed by atoms with E-state index in [9.17, 15) is 4.79 Å². The maximum absolute atomic E-state index is 12.6. The first-order chi connectivity index (χ1) is 13.9. The third-order valence-electron chi connectivity index (χ3n) is 4.49. The number of carbonyl (C=O) groups is 1. The van der Waals surface area contributed by atoms with Gasteiger partial charge in [-0.1, -0.05) is 34.4 Å². The van der Waals surface area contributed by atoms with Crippen molar-refractivity contribution in [2.45, 2.75) is 19.9 Å². The predicted molar refractivity (Wildman–Crippen MR) is 109 cm³/mol. The molecular formula is C20H16Cl2N4O3. The Bertz CT molecular complexity index is 1140. The summed E-state index contributed by atoms with van der Waals surface area (Å²) in [5, 5.41) is 12.2. The Morgan fingerprint density at radius 1 is 1.17 bits per heavy atom. The zero-order chi connectivity index (χ0) is 20.5. The molecule has 1 N–H and O–H groups in total. The zero-order valence-electron chi connectivity index (χ0n) is 15.5. The van der Waals surface area contributed by atoms with Crippen molar-refractivity contribution in [1.29, 1.82) is 0 Å². The van der Waals surface area contributed by atoms with Crippen LogP contribution in [0.25, 0.3) is 11.5 Å². The zero-order valence-corrected chi connectivity index (χ0v) is 17.0. The molecule has 0 bridgehead atoms. The van der Waals surface area contributed by atoms with Gasteiger partial charge in [0.05, 0.1) is 23.7 Å². The van der Waals surface area contributed by atoms with Gasteiger partial charge in [-0.2, -0.15) is 5.10 Å². The van der Waals surface area contributed by atoms with Gasteiger partial charge in [-0.15, -0.1) is 0 Å². The number of nitrogens with zero attached hydrogens (tertiary/aromatic N) is 3. The first kappa shape index (κ1) is 19.3. The van der Waals surface area contributed by atoms with E-state index in [-0.39, 0.29) is 11.7 Å². The summed E-state index contributed by atoms with van der Waals surface area (Å²) >= 11 is 12.6. The molecule has 0 fully saturated rings. The van der Waals surface area contributed by atoms with Crippen LogP contribution in [0, 0.1) is 6.92 Å². The fraction of sp³-hybridized carbons (Fsp3) is 0.150. The van der Waals surface area contributed by atoms with Crippen molar-refractivity contribution in [3.8, 4) is 11.5 Å². The molecule has 0 saturated carbocycles. The maximum atomic E-state index is 12.6. The lowest BCUT2D eigenvalue weighted by Crippen LogP contribution is -2.12. The quantitative estimate of drug-likeness (QED) is 0.444. The molecule has 0 aliphatic carbocycles. The minimum atomic E-state index is -0.419. The maximum Gasteiger partial charge on any atom is 0.277 e. The number of nitrogens with one attached hydrogen (secondary N) is 1. The summed E-state index contributed by atoms with van der Waals surface area (Å²) < 4.78 is 12.1. The lowest BCUT2D eigenvalue weighted by molar-refractivity contribution is 0.101. The van der Waals surface area contributed by atoms with Crippen LogP contribution in [-0.4, -0.2) is 20.8 Å². The van der Waals surface area contributed by atoms with Crippen LogP contribution >= 0.6 is 23.2 Å². The van der Waals surface area contributed by atoms with Crippen LogP contribution in [0.2, 0.25) is 10.0 Å². The molecule has 29 heavy (non-hydrogen) atoms. The Balaban J connectivity index is 1.55. The number of furan rings is 1. The lowest BCUT2D eigenvalue weighted by Gasteiger charge is -2.15. The second-order valence-electron chi connectivity index (χ2n) is 6.43. The molecule has 1 unspecified atom stereocenters. The van der Waals surface area contributed by atoms with Crippen molar-refractivity contribution < 1.29 is 13.7 Å². The first-order valence-electron chi connectivity index (χ1n) is 8.75. The Morgan fingerprint density at radius 2 is 1.93 bits per heavy atom. The van der Waals surface area contributed by atoms with Crippen LogP contribution < -0.4 is 5.32 Å². The number of rotatable bonds is 5. The number of halogens is 2. The minimum Gasteiger partial charge on any atom is -0.461 e. The van der Waals surface area contributed by atoms with Gasteiger partial charge < -0.3 is 14.3 Å². The molecule has 0 aliphatic rings. The highest BCUT2D eigenvalue weighted by Gasteiger charge is 2.20. The van der Waals surface area contributed by atoms with Crippen LogP contribution in [-0.2, 0) is 0 Å². The minimum absolute atomic E-state index is 0.130. The number of hydrogen-bond acceptors (Lipinski definition) is 5. The van der Waals surface area contributed by atoms with E-state index in [1.807, 2.05) is 6.92 Å². The molecule has 3 aromatic heterocycles. The molecule has 0 aliphatic heterocycles. The second-order valence-corrected chi connectivity index (χ2v) is 7.24. The van der Waals surface area contributed by atoms with E-state index in [1.54, 1.807) is 48.1 Å². The summed E-state index contributed by atoms with van der Waals surface area (Å²) in [5.74, 6) is 0.443. The number of benzene rings is 1. The van der Waals surface area contributed by atoms with E-state index in [0.717, 1.165) is 5.56 Å². The number of hydrogen-bond donors (Lipinski definition) is 1. The highest BCUT2D eigenvalue weighted by atomic mass is 35.5. The van der Waals surface area contributed by atoms with Gasteiger partial charge in [-0.05, 0) is 38.1 Å². The topological polar surface area (TPSA) is 86.1 Å². The largest absolute Gasteiger partial charge is 0.461 e. The molecule has 4 aromatic rings. The van der Waals surface area contributed by atoms with E-state index in [0.29, 0.717) is 32.9 Å². The average molecular weight is 431 g/mol. The molecule has 4 rings (SSSR count). The Hall–Kier alpha value is -3.03. The van der Waals surface area contributed by atoms with Crippen molar-refractivity contribution >= 4 is 34.8 Å². The molecule has 3 heterocycles. The Morgan fingerprint density at radius 3 is 2.62 bits per heavy atom. The van der Waals surface area contributed by atoms with E-state index >= 15 is 0 Å². The third-order valence-corrected chi connectivity index (χ3v) is 5.15. The summed E-state index contributed by atoms with van der Waals surface area (Å²) in [4.78, 5) is 12.6. The van der Waals surface area contributed by atoms with Gasteiger partial charge in [0.25, 0.3) is 5.91 Å². The molecule has 1 aromatic carbocycles. The summed E-state index contributed by atoms with van der Waals surface area (Å²) in [6.07, 6.45) is 3.24. The molecule has 1 atom stereocenters. The lowest BCUT2D eigenvalue weighted by atomic mass is 10.1. The van der Waals surface area contributed by atoms with Gasteiger partial charge in [0, 0.05) is 27.9 Å². The Labute approximate surface area is 176 Å². The van der Waals surface area contributed by atoms with E-state index in [1.165, 1.54) is 12.3 Å². The monoisotopic (exact) mass is 430 g/mol. The number of anilines is 1. The highest BCUT2D eigenvalue weighted by Crippen LogP contribution is 2.33. The average Bonchev–Trinajstić information content (AvgIpc) is 3.42. The first-order valence-corrected chi connectivity index (χ1v) is 9.51. The second kappa shape index (κ2) is 7.77. The third kappa shape index (κ3) is 3.79. The fourth-order valence-electron chi connectivity index (χ4n) is 2.95. The van der Waals surface area contributed by atoms with Crippen molar-refractivity contribution in [2.75, 3.05) is 5.32 Å². The molecular weight excluding hydrogens is 415 g/mol. The fourth-order valence-corrected chi connectivity index (χ4v) is 3.66.